The molecule has 3 nitrogen and oxygen atoms in total. The van der Waals surface area contributed by atoms with Crippen molar-refractivity contribution in [2.45, 2.75) is 17.9 Å². The van der Waals surface area contributed by atoms with Crippen LogP contribution in [0.2, 0.25) is 0 Å². The van der Waals surface area contributed by atoms with Crippen LogP contribution < -0.4 is 0 Å². The standard InChI is InChI=1S/C17H14O3/c18-15-13(11-7-3-1-4-8-11)16(19)17(20)14(15)12-9-5-2-6-10-12/h1-10,13-14,16,19H. The molecule has 1 fully saturated rings. The lowest BCUT2D eigenvalue weighted by molar-refractivity contribution is -0.126. The number of benzene rings is 2. The van der Waals surface area contributed by atoms with E-state index in [4.69, 9.17) is 0 Å². The Balaban J connectivity index is 2.01. The minimum atomic E-state index is -1.25. The fourth-order valence-electron chi connectivity index (χ4n) is 2.79. The summed E-state index contributed by atoms with van der Waals surface area (Å²) in [5, 5.41) is 10.1. The van der Waals surface area contributed by atoms with Gasteiger partial charge in [0.05, 0.1) is 5.92 Å². The average molecular weight is 266 g/mol. The second-order valence-corrected chi connectivity index (χ2v) is 4.98. The normalized spacial score (nSPS) is 25.9. The van der Waals surface area contributed by atoms with E-state index in [1.165, 1.54) is 0 Å². The van der Waals surface area contributed by atoms with Crippen LogP contribution in [0.25, 0.3) is 0 Å². The Morgan fingerprint density at radius 3 is 1.75 bits per heavy atom. The SMILES string of the molecule is O=C1C(c2ccccc2)C(=O)C(c2ccccc2)C1O. The van der Waals surface area contributed by atoms with Gasteiger partial charge in [-0.1, -0.05) is 60.7 Å². The Kier molecular flexibility index (Phi) is 3.20. The number of hydrogen-bond donors (Lipinski definition) is 1. The highest BCUT2D eigenvalue weighted by Crippen LogP contribution is 2.38. The number of carbonyl (C=O) groups excluding carboxylic acids is 2. The summed E-state index contributed by atoms with van der Waals surface area (Å²) in [7, 11) is 0. The molecule has 0 heterocycles. The van der Waals surface area contributed by atoms with Gasteiger partial charge in [-0.25, -0.2) is 0 Å². The van der Waals surface area contributed by atoms with Crippen molar-refractivity contribution >= 4 is 11.6 Å². The molecule has 0 spiro atoms. The Hall–Kier alpha value is -2.26. The van der Waals surface area contributed by atoms with E-state index < -0.39 is 23.7 Å². The van der Waals surface area contributed by atoms with Crippen LogP contribution in [0.5, 0.6) is 0 Å². The van der Waals surface area contributed by atoms with Crippen LogP contribution in [-0.4, -0.2) is 22.8 Å². The van der Waals surface area contributed by atoms with E-state index in [-0.39, 0.29) is 5.78 Å². The Morgan fingerprint density at radius 2 is 1.20 bits per heavy atom. The molecule has 0 aromatic heterocycles. The molecule has 100 valence electrons. The number of rotatable bonds is 2. The molecule has 1 N–H and O–H groups in total. The number of Topliss-reactive ketones (excluding diaryl/α,β-unsaturated/α-hetero) is 2. The van der Waals surface area contributed by atoms with Gasteiger partial charge in [-0.15, -0.1) is 0 Å². The summed E-state index contributed by atoms with van der Waals surface area (Å²) in [5.41, 5.74) is 1.34. The van der Waals surface area contributed by atoms with Crippen LogP contribution in [0.4, 0.5) is 0 Å². The molecule has 3 heteroatoms. The Morgan fingerprint density at radius 1 is 0.700 bits per heavy atom. The van der Waals surface area contributed by atoms with Crippen molar-refractivity contribution in [3.05, 3.63) is 71.8 Å². The maximum atomic E-state index is 12.5. The van der Waals surface area contributed by atoms with Crippen LogP contribution in [-0.2, 0) is 9.59 Å². The van der Waals surface area contributed by atoms with Gasteiger partial charge in [-0.05, 0) is 11.1 Å². The van der Waals surface area contributed by atoms with E-state index in [1.54, 1.807) is 48.5 Å². The van der Waals surface area contributed by atoms with Crippen LogP contribution in [0, 0.1) is 0 Å². The predicted molar refractivity (Wildman–Crippen MR) is 74.4 cm³/mol. The molecular weight excluding hydrogens is 252 g/mol. The topological polar surface area (TPSA) is 54.4 Å². The maximum absolute atomic E-state index is 12.5. The first-order valence-electron chi connectivity index (χ1n) is 6.55. The minimum Gasteiger partial charge on any atom is -0.384 e. The summed E-state index contributed by atoms with van der Waals surface area (Å²) in [4.78, 5) is 24.8. The molecule has 1 aliphatic rings. The van der Waals surface area contributed by atoms with Gasteiger partial charge in [-0.2, -0.15) is 0 Å². The van der Waals surface area contributed by atoms with Gasteiger partial charge in [0.1, 0.15) is 12.0 Å². The minimum absolute atomic E-state index is 0.222. The van der Waals surface area contributed by atoms with Gasteiger partial charge in [0.2, 0.25) is 0 Å². The van der Waals surface area contributed by atoms with Crippen LogP contribution in [0.1, 0.15) is 23.0 Å². The lowest BCUT2D eigenvalue weighted by atomic mass is 9.91. The lowest BCUT2D eigenvalue weighted by Crippen LogP contribution is -2.21. The van der Waals surface area contributed by atoms with Crippen molar-refractivity contribution in [3.63, 3.8) is 0 Å². The molecule has 1 saturated carbocycles. The monoisotopic (exact) mass is 266 g/mol. The summed E-state index contributed by atoms with van der Waals surface area (Å²) in [6.45, 7) is 0. The summed E-state index contributed by atoms with van der Waals surface area (Å²) in [6, 6.07) is 17.9. The second-order valence-electron chi connectivity index (χ2n) is 4.98. The number of aliphatic hydroxyl groups excluding tert-OH is 1. The van der Waals surface area contributed by atoms with Crippen molar-refractivity contribution in [2.75, 3.05) is 0 Å². The highest BCUT2D eigenvalue weighted by Gasteiger charge is 2.49. The summed E-state index contributed by atoms with van der Waals surface area (Å²) in [5.74, 6) is -2.24. The lowest BCUT2D eigenvalue weighted by Gasteiger charge is -2.11. The average Bonchev–Trinajstić information content (AvgIpc) is 2.71. The fraction of sp³-hybridized carbons (Fsp3) is 0.176. The zero-order chi connectivity index (χ0) is 14.1. The second kappa shape index (κ2) is 5.02. The molecule has 2 aromatic carbocycles. The third-order valence-corrected chi connectivity index (χ3v) is 3.77. The Bertz CT molecular complexity index is 634. The zero-order valence-corrected chi connectivity index (χ0v) is 10.8. The number of aliphatic hydroxyl groups is 1. The molecular formula is C17H14O3. The molecule has 0 saturated heterocycles. The van der Waals surface area contributed by atoms with Gasteiger partial charge in [0.15, 0.2) is 11.6 Å². The van der Waals surface area contributed by atoms with E-state index in [2.05, 4.69) is 0 Å². The molecule has 1 aliphatic carbocycles. The van der Waals surface area contributed by atoms with Crippen LogP contribution in [0.15, 0.2) is 60.7 Å². The molecule has 0 aliphatic heterocycles. The number of ketones is 2. The first kappa shape index (κ1) is 12.8. The highest BCUT2D eigenvalue weighted by molar-refractivity contribution is 6.19. The summed E-state index contributed by atoms with van der Waals surface area (Å²) in [6.07, 6.45) is -1.25. The number of carbonyl (C=O) groups is 2. The van der Waals surface area contributed by atoms with Gasteiger partial charge >= 0.3 is 0 Å². The van der Waals surface area contributed by atoms with E-state index in [0.29, 0.717) is 11.1 Å². The molecule has 3 atom stereocenters. The molecule has 2 aromatic rings. The van der Waals surface area contributed by atoms with Crippen LogP contribution in [0.3, 0.4) is 0 Å². The van der Waals surface area contributed by atoms with Gasteiger partial charge in [0.25, 0.3) is 0 Å². The maximum Gasteiger partial charge on any atom is 0.177 e. The smallest absolute Gasteiger partial charge is 0.177 e. The van der Waals surface area contributed by atoms with E-state index in [1.807, 2.05) is 12.1 Å². The van der Waals surface area contributed by atoms with E-state index in [9.17, 15) is 14.7 Å². The summed E-state index contributed by atoms with van der Waals surface area (Å²) < 4.78 is 0. The Labute approximate surface area is 116 Å². The predicted octanol–water partition coefficient (Wildman–Crippen LogP) is 2.07. The van der Waals surface area contributed by atoms with Crippen molar-refractivity contribution in [1.29, 1.82) is 0 Å². The van der Waals surface area contributed by atoms with Gasteiger partial charge in [-0.3, -0.25) is 9.59 Å². The molecule has 0 bridgehead atoms. The fourth-order valence-corrected chi connectivity index (χ4v) is 2.79. The highest BCUT2D eigenvalue weighted by atomic mass is 16.3. The van der Waals surface area contributed by atoms with Crippen molar-refractivity contribution in [2.24, 2.45) is 0 Å². The quantitative estimate of drug-likeness (QED) is 0.847. The zero-order valence-electron chi connectivity index (χ0n) is 10.8. The molecule has 20 heavy (non-hydrogen) atoms. The third-order valence-electron chi connectivity index (χ3n) is 3.77. The van der Waals surface area contributed by atoms with Crippen molar-refractivity contribution in [3.8, 4) is 0 Å². The van der Waals surface area contributed by atoms with E-state index in [0.717, 1.165) is 0 Å². The van der Waals surface area contributed by atoms with Gasteiger partial charge < -0.3 is 5.11 Å². The molecule has 3 unspecified atom stereocenters. The van der Waals surface area contributed by atoms with Crippen molar-refractivity contribution < 1.29 is 14.7 Å². The largest absolute Gasteiger partial charge is 0.384 e. The van der Waals surface area contributed by atoms with E-state index >= 15 is 0 Å². The first-order valence-corrected chi connectivity index (χ1v) is 6.55. The van der Waals surface area contributed by atoms with Crippen LogP contribution >= 0.6 is 0 Å². The molecule has 0 radical (unpaired) electrons. The first-order chi connectivity index (χ1) is 9.70. The third kappa shape index (κ3) is 1.96. The molecule has 0 amide bonds. The van der Waals surface area contributed by atoms with Crippen molar-refractivity contribution in [1.82, 2.24) is 0 Å². The van der Waals surface area contributed by atoms with Gasteiger partial charge in [0, 0.05) is 0 Å². The number of hydrogen-bond acceptors (Lipinski definition) is 3. The molecule has 3 rings (SSSR count). The summed E-state index contributed by atoms with van der Waals surface area (Å²) >= 11 is 0.